The van der Waals surface area contributed by atoms with Crippen molar-refractivity contribution in [2.24, 2.45) is 0 Å². The third-order valence-corrected chi connectivity index (χ3v) is 6.15. The molecule has 5 rings (SSSR count). The first kappa shape index (κ1) is 19.6. The molecule has 31 heavy (non-hydrogen) atoms. The van der Waals surface area contributed by atoms with Crippen molar-refractivity contribution in [1.82, 2.24) is 13.9 Å². The van der Waals surface area contributed by atoms with Crippen molar-refractivity contribution in [1.29, 1.82) is 0 Å². The predicted octanol–water partition coefficient (Wildman–Crippen LogP) is 3.30. The normalized spacial score (nSPS) is 15.3. The number of aromatic nitrogens is 2. The summed E-state index contributed by atoms with van der Waals surface area (Å²) in [4.78, 5) is 29.8. The van der Waals surface area contributed by atoms with Crippen molar-refractivity contribution in [2.75, 3.05) is 31.1 Å². The first-order valence-electron chi connectivity index (χ1n) is 10.8. The summed E-state index contributed by atoms with van der Waals surface area (Å²) in [6, 6.07) is 19.9. The molecule has 1 aliphatic rings. The SMILES string of the molecule is Cc1ccc(N2CCN(CCCn3c(=O)c4cccn4c4ccccc43)CC2=O)cc1. The van der Waals surface area contributed by atoms with Crippen LogP contribution in [-0.4, -0.2) is 46.0 Å². The van der Waals surface area contributed by atoms with Gasteiger partial charge in [0.15, 0.2) is 0 Å². The molecule has 0 atom stereocenters. The van der Waals surface area contributed by atoms with Crippen molar-refractivity contribution in [3.63, 3.8) is 0 Å². The lowest BCUT2D eigenvalue weighted by Crippen LogP contribution is -2.50. The van der Waals surface area contributed by atoms with Gasteiger partial charge in [0.25, 0.3) is 5.56 Å². The number of aryl methyl sites for hydroxylation is 2. The lowest BCUT2D eigenvalue weighted by atomic mass is 10.2. The Morgan fingerprint density at radius 3 is 2.32 bits per heavy atom. The molecular weight excluding hydrogens is 388 g/mol. The molecule has 0 aliphatic carbocycles. The number of hydrogen-bond acceptors (Lipinski definition) is 3. The highest BCUT2D eigenvalue weighted by Crippen LogP contribution is 2.19. The number of anilines is 1. The Morgan fingerprint density at radius 1 is 0.806 bits per heavy atom. The van der Waals surface area contributed by atoms with Crippen LogP contribution in [0.4, 0.5) is 5.69 Å². The predicted molar refractivity (Wildman–Crippen MR) is 124 cm³/mol. The fourth-order valence-electron chi connectivity index (χ4n) is 4.49. The summed E-state index contributed by atoms with van der Waals surface area (Å²) in [6.45, 7) is 5.43. The monoisotopic (exact) mass is 414 g/mol. The molecule has 0 unspecified atom stereocenters. The zero-order chi connectivity index (χ0) is 21.4. The van der Waals surface area contributed by atoms with Crippen LogP contribution in [0.15, 0.2) is 71.7 Å². The molecule has 0 bridgehead atoms. The van der Waals surface area contributed by atoms with Gasteiger partial charge in [-0.25, -0.2) is 0 Å². The number of piperazine rings is 1. The minimum absolute atomic E-state index is 0.0315. The maximum Gasteiger partial charge on any atom is 0.275 e. The van der Waals surface area contributed by atoms with Crippen LogP contribution >= 0.6 is 0 Å². The molecule has 3 heterocycles. The molecule has 1 saturated heterocycles. The van der Waals surface area contributed by atoms with Crippen LogP contribution < -0.4 is 10.5 Å². The van der Waals surface area contributed by atoms with Crippen molar-refractivity contribution in [3.05, 3.63) is 82.8 Å². The summed E-state index contributed by atoms with van der Waals surface area (Å²) in [6.07, 6.45) is 2.75. The number of rotatable bonds is 5. The quantitative estimate of drug-likeness (QED) is 0.504. The fourth-order valence-corrected chi connectivity index (χ4v) is 4.49. The van der Waals surface area contributed by atoms with Crippen LogP contribution in [-0.2, 0) is 11.3 Å². The number of carbonyl (C=O) groups excluding carboxylic acids is 1. The van der Waals surface area contributed by atoms with E-state index in [4.69, 9.17) is 0 Å². The molecular formula is C25H26N4O2. The Hall–Kier alpha value is -3.38. The molecule has 2 aromatic heterocycles. The van der Waals surface area contributed by atoms with E-state index in [2.05, 4.69) is 4.90 Å². The Morgan fingerprint density at radius 2 is 1.55 bits per heavy atom. The largest absolute Gasteiger partial charge is 0.310 e. The Kier molecular flexibility index (Phi) is 5.08. The van der Waals surface area contributed by atoms with Crippen molar-refractivity contribution < 1.29 is 4.79 Å². The van der Waals surface area contributed by atoms with E-state index in [0.29, 0.717) is 25.2 Å². The van der Waals surface area contributed by atoms with E-state index in [0.717, 1.165) is 36.2 Å². The number of carbonyl (C=O) groups is 1. The van der Waals surface area contributed by atoms with Crippen LogP contribution in [0.1, 0.15) is 12.0 Å². The standard InChI is InChI=1S/C25H26N4O2/c1-19-9-11-20(12-10-19)27-17-16-26(18-24(27)30)13-5-15-29-22-7-3-2-6-21(22)28-14-4-8-23(28)25(29)31/h2-4,6-12,14H,5,13,15-18H2,1H3. The van der Waals surface area contributed by atoms with E-state index in [1.807, 2.05) is 87.7 Å². The number of para-hydroxylation sites is 2. The van der Waals surface area contributed by atoms with E-state index in [1.54, 1.807) is 0 Å². The maximum atomic E-state index is 13.0. The van der Waals surface area contributed by atoms with Gasteiger partial charge in [-0.2, -0.15) is 0 Å². The van der Waals surface area contributed by atoms with Crippen LogP contribution in [0.25, 0.3) is 16.6 Å². The number of nitrogens with zero attached hydrogens (tertiary/aromatic N) is 4. The summed E-state index contributed by atoms with van der Waals surface area (Å²) < 4.78 is 3.83. The van der Waals surface area contributed by atoms with Gasteiger partial charge in [0.05, 0.1) is 17.6 Å². The van der Waals surface area contributed by atoms with Gasteiger partial charge in [-0.05, 0) is 49.7 Å². The second kappa shape index (κ2) is 8.04. The number of amides is 1. The molecule has 0 radical (unpaired) electrons. The van der Waals surface area contributed by atoms with Crippen LogP contribution in [0, 0.1) is 6.92 Å². The minimum atomic E-state index is 0.0315. The third kappa shape index (κ3) is 3.64. The summed E-state index contributed by atoms with van der Waals surface area (Å²) in [5.41, 5.74) is 4.86. The second-order valence-electron chi connectivity index (χ2n) is 8.22. The summed E-state index contributed by atoms with van der Waals surface area (Å²) in [5, 5.41) is 0. The van der Waals surface area contributed by atoms with Gasteiger partial charge >= 0.3 is 0 Å². The van der Waals surface area contributed by atoms with E-state index in [1.165, 1.54) is 5.56 Å². The van der Waals surface area contributed by atoms with Crippen LogP contribution in [0.3, 0.4) is 0 Å². The van der Waals surface area contributed by atoms with Gasteiger partial charge in [-0.3, -0.25) is 14.5 Å². The molecule has 1 fully saturated rings. The molecule has 6 nitrogen and oxygen atoms in total. The molecule has 6 heteroatoms. The Balaban J connectivity index is 1.27. The topological polar surface area (TPSA) is 50.0 Å². The van der Waals surface area contributed by atoms with E-state index >= 15 is 0 Å². The van der Waals surface area contributed by atoms with Crippen molar-refractivity contribution in [2.45, 2.75) is 19.9 Å². The number of fused-ring (bicyclic) bond motifs is 3. The van der Waals surface area contributed by atoms with E-state index in [9.17, 15) is 9.59 Å². The molecule has 2 aromatic carbocycles. The maximum absolute atomic E-state index is 13.0. The van der Waals surface area contributed by atoms with Crippen LogP contribution in [0.5, 0.6) is 0 Å². The van der Waals surface area contributed by atoms with Gasteiger partial charge in [-0.15, -0.1) is 0 Å². The first-order valence-corrected chi connectivity index (χ1v) is 10.8. The van der Waals surface area contributed by atoms with Gasteiger partial charge in [-0.1, -0.05) is 29.8 Å². The molecule has 0 N–H and O–H groups in total. The van der Waals surface area contributed by atoms with Gasteiger partial charge in [0.1, 0.15) is 5.52 Å². The summed E-state index contributed by atoms with van der Waals surface area (Å²) >= 11 is 0. The number of hydrogen-bond donors (Lipinski definition) is 0. The molecule has 1 aliphatic heterocycles. The van der Waals surface area contributed by atoms with E-state index < -0.39 is 0 Å². The first-order chi connectivity index (χ1) is 15.1. The van der Waals surface area contributed by atoms with E-state index in [-0.39, 0.29) is 11.5 Å². The molecule has 0 saturated carbocycles. The molecule has 1 amide bonds. The minimum Gasteiger partial charge on any atom is -0.310 e. The van der Waals surface area contributed by atoms with Crippen LogP contribution in [0.2, 0.25) is 0 Å². The summed E-state index contributed by atoms with van der Waals surface area (Å²) in [5.74, 6) is 0.132. The second-order valence-corrected chi connectivity index (χ2v) is 8.22. The Bertz CT molecular complexity index is 1300. The lowest BCUT2D eigenvalue weighted by molar-refractivity contribution is -0.121. The van der Waals surface area contributed by atoms with Crippen molar-refractivity contribution >= 4 is 28.1 Å². The summed E-state index contributed by atoms with van der Waals surface area (Å²) in [7, 11) is 0. The zero-order valence-corrected chi connectivity index (χ0v) is 17.7. The highest BCUT2D eigenvalue weighted by atomic mass is 16.2. The van der Waals surface area contributed by atoms with Gasteiger partial charge in [0.2, 0.25) is 5.91 Å². The van der Waals surface area contributed by atoms with Crippen molar-refractivity contribution in [3.8, 4) is 0 Å². The highest BCUT2D eigenvalue weighted by Gasteiger charge is 2.24. The average molecular weight is 415 g/mol. The molecule has 158 valence electrons. The van der Waals surface area contributed by atoms with Gasteiger partial charge in [0, 0.05) is 38.1 Å². The third-order valence-electron chi connectivity index (χ3n) is 6.15. The number of benzene rings is 2. The average Bonchev–Trinajstić information content (AvgIpc) is 3.28. The lowest BCUT2D eigenvalue weighted by Gasteiger charge is -2.34. The molecule has 0 spiro atoms. The smallest absolute Gasteiger partial charge is 0.275 e. The van der Waals surface area contributed by atoms with Gasteiger partial charge < -0.3 is 13.9 Å². The zero-order valence-electron chi connectivity index (χ0n) is 17.7. The highest BCUT2D eigenvalue weighted by molar-refractivity contribution is 5.95. The Labute approximate surface area is 180 Å². The fraction of sp³-hybridized carbons (Fsp3) is 0.280. The molecule has 4 aromatic rings.